The van der Waals surface area contributed by atoms with Crippen LogP contribution in [0.15, 0.2) is 16.7 Å². The quantitative estimate of drug-likeness (QED) is 0.877. The highest BCUT2D eigenvalue weighted by Gasteiger charge is 2.14. The van der Waals surface area contributed by atoms with Crippen molar-refractivity contribution in [1.29, 1.82) is 0 Å². The van der Waals surface area contributed by atoms with E-state index in [-0.39, 0.29) is 6.61 Å². The molecule has 0 bridgehead atoms. The van der Waals surface area contributed by atoms with E-state index in [1.807, 2.05) is 24.6 Å². The number of hydrogen-bond acceptors (Lipinski definition) is 4. The van der Waals surface area contributed by atoms with E-state index >= 15 is 0 Å². The zero-order valence-electron chi connectivity index (χ0n) is 12.7. The number of aliphatic hydroxyl groups is 1. The smallest absolute Gasteiger partial charge is 0.105 e. The van der Waals surface area contributed by atoms with Crippen LogP contribution in [0, 0.1) is 20.8 Å². The Kier molecular flexibility index (Phi) is 4.62. The topological polar surface area (TPSA) is 54.4 Å². The van der Waals surface area contributed by atoms with E-state index in [4.69, 9.17) is 9.52 Å². The molecule has 110 valence electrons. The predicted molar refractivity (Wildman–Crippen MR) is 77.4 cm³/mol. The normalized spacial score (nSPS) is 11.5. The fraction of sp³-hybridized carbons (Fsp3) is 0.533. The second-order valence-electron chi connectivity index (χ2n) is 5.27. The standard InChI is InChI=1S/C15H23N3O2/c1-11-15(12(2)18(16-11)6-7-19)10-17(4)9-14-5-8-20-13(14)3/h5,8,19H,6-7,9-10H2,1-4H3. The van der Waals surface area contributed by atoms with Crippen molar-refractivity contribution in [3.05, 3.63) is 40.6 Å². The van der Waals surface area contributed by atoms with Crippen LogP contribution < -0.4 is 0 Å². The molecule has 0 amide bonds. The SMILES string of the molecule is Cc1nn(CCO)c(C)c1CN(C)Cc1ccoc1C. The van der Waals surface area contributed by atoms with Gasteiger partial charge in [-0.05, 0) is 33.9 Å². The van der Waals surface area contributed by atoms with E-state index in [0.717, 1.165) is 30.2 Å². The highest BCUT2D eigenvalue weighted by Crippen LogP contribution is 2.17. The van der Waals surface area contributed by atoms with Crippen LogP contribution in [0.4, 0.5) is 0 Å². The lowest BCUT2D eigenvalue weighted by Crippen LogP contribution is -2.18. The van der Waals surface area contributed by atoms with Crippen LogP contribution in [0.1, 0.15) is 28.3 Å². The summed E-state index contributed by atoms with van der Waals surface area (Å²) in [4.78, 5) is 2.25. The number of hydrogen-bond donors (Lipinski definition) is 1. The molecule has 0 aliphatic rings. The van der Waals surface area contributed by atoms with Gasteiger partial charge in [-0.1, -0.05) is 0 Å². The molecule has 0 radical (unpaired) electrons. The fourth-order valence-electron chi connectivity index (χ4n) is 2.47. The van der Waals surface area contributed by atoms with Crippen molar-refractivity contribution in [3.8, 4) is 0 Å². The molecule has 20 heavy (non-hydrogen) atoms. The van der Waals surface area contributed by atoms with Gasteiger partial charge in [0.2, 0.25) is 0 Å². The second-order valence-corrected chi connectivity index (χ2v) is 5.27. The van der Waals surface area contributed by atoms with Crippen LogP contribution in [-0.4, -0.2) is 33.4 Å². The number of rotatable bonds is 6. The molecule has 2 aromatic heterocycles. The van der Waals surface area contributed by atoms with Gasteiger partial charge in [-0.25, -0.2) is 0 Å². The molecule has 2 aromatic rings. The number of furan rings is 1. The van der Waals surface area contributed by atoms with Crippen molar-refractivity contribution < 1.29 is 9.52 Å². The molecule has 0 aliphatic heterocycles. The van der Waals surface area contributed by atoms with Crippen LogP contribution in [-0.2, 0) is 19.6 Å². The number of aromatic nitrogens is 2. The summed E-state index contributed by atoms with van der Waals surface area (Å²) in [7, 11) is 2.09. The molecule has 5 nitrogen and oxygen atoms in total. The van der Waals surface area contributed by atoms with Gasteiger partial charge in [0.25, 0.3) is 0 Å². The summed E-state index contributed by atoms with van der Waals surface area (Å²) in [6.45, 7) is 8.43. The molecule has 2 heterocycles. The van der Waals surface area contributed by atoms with Crippen LogP contribution in [0.5, 0.6) is 0 Å². The molecule has 1 N–H and O–H groups in total. The van der Waals surface area contributed by atoms with Crippen LogP contribution in [0.3, 0.4) is 0 Å². The molecule has 0 saturated heterocycles. The lowest BCUT2D eigenvalue weighted by Gasteiger charge is -2.16. The molecule has 2 rings (SSSR count). The minimum atomic E-state index is 0.117. The summed E-state index contributed by atoms with van der Waals surface area (Å²) in [6, 6.07) is 2.01. The van der Waals surface area contributed by atoms with E-state index in [9.17, 15) is 0 Å². The van der Waals surface area contributed by atoms with Gasteiger partial charge >= 0.3 is 0 Å². The Labute approximate surface area is 119 Å². The summed E-state index contributed by atoms with van der Waals surface area (Å²) in [5.41, 5.74) is 4.62. The van der Waals surface area contributed by atoms with Gasteiger partial charge in [0.1, 0.15) is 5.76 Å². The fourth-order valence-corrected chi connectivity index (χ4v) is 2.47. The summed E-state index contributed by atoms with van der Waals surface area (Å²) < 4.78 is 7.20. The first-order chi connectivity index (χ1) is 9.52. The summed E-state index contributed by atoms with van der Waals surface area (Å²) in [5, 5.41) is 13.5. The number of aryl methyl sites for hydroxylation is 2. The van der Waals surface area contributed by atoms with Gasteiger partial charge in [0, 0.05) is 29.9 Å². The van der Waals surface area contributed by atoms with Crippen molar-refractivity contribution in [2.75, 3.05) is 13.7 Å². The average molecular weight is 277 g/mol. The summed E-state index contributed by atoms with van der Waals surface area (Å²) in [5.74, 6) is 0.973. The maximum atomic E-state index is 9.05. The number of nitrogens with zero attached hydrogens (tertiary/aromatic N) is 3. The van der Waals surface area contributed by atoms with E-state index in [1.54, 1.807) is 6.26 Å². The Hall–Kier alpha value is -1.59. The third kappa shape index (κ3) is 3.11. The van der Waals surface area contributed by atoms with Crippen LogP contribution in [0.2, 0.25) is 0 Å². The molecule has 0 atom stereocenters. The largest absolute Gasteiger partial charge is 0.469 e. The second kappa shape index (κ2) is 6.24. The van der Waals surface area contributed by atoms with Crippen molar-refractivity contribution in [2.45, 2.75) is 40.4 Å². The molecule has 0 saturated carbocycles. The van der Waals surface area contributed by atoms with Crippen LogP contribution in [0.25, 0.3) is 0 Å². The molecule has 0 aliphatic carbocycles. The number of aliphatic hydroxyl groups excluding tert-OH is 1. The monoisotopic (exact) mass is 277 g/mol. The Morgan fingerprint density at radius 3 is 2.65 bits per heavy atom. The zero-order chi connectivity index (χ0) is 14.7. The van der Waals surface area contributed by atoms with Crippen molar-refractivity contribution >= 4 is 0 Å². The van der Waals surface area contributed by atoms with Crippen LogP contribution >= 0.6 is 0 Å². The first-order valence-corrected chi connectivity index (χ1v) is 6.88. The van der Waals surface area contributed by atoms with Gasteiger partial charge < -0.3 is 9.52 Å². The highest BCUT2D eigenvalue weighted by molar-refractivity contribution is 5.24. The lowest BCUT2D eigenvalue weighted by molar-refractivity contribution is 0.267. The molecule has 0 spiro atoms. The average Bonchev–Trinajstić information content (AvgIpc) is 2.90. The third-order valence-corrected chi connectivity index (χ3v) is 3.68. The minimum Gasteiger partial charge on any atom is -0.469 e. The third-order valence-electron chi connectivity index (χ3n) is 3.68. The van der Waals surface area contributed by atoms with E-state index < -0.39 is 0 Å². The summed E-state index contributed by atoms with van der Waals surface area (Å²) in [6.07, 6.45) is 1.73. The molecular weight excluding hydrogens is 254 g/mol. The molecular formula is C15H23N3O2. The maximum absolute atomic E-state index is 9.05. The molecule has 0 aromatic carbocycles. The Morgan fingerprint density at radius 1 is 1.30 bits per heavy atom. The Morgan fingerprint density at radius 2 is 2.05 bits per heavy atom. The van der Waals surface area contributed by atoms with E-state index in [1.165, 1.54) is 11.1 Å². The first kappa shape index (κ1) is 14.8. The van der Waals surface area contributed by atoms with Gasteiger partial charge in [-0.3, -0.25) is 9.58 Å². The molecule has 0 unspecified atom stereocenters. The van der Waals surface area contributed by atoms with Crippen molar-refractivity contribution in [1.82, 2.24) is 14.7 Å². The molecule has 5 heteroatoms. The van der Waals surface area contributed by atoms with Gasteiger partial charge in [0.15, 0.2) is 0 Å². The van der Waals surface area contributed by atoms with Gasteiger partial charge in [-0.2, -0.15) is 5.10 Å². The van der Waals surface area contributed by atoms with E-state index in [0.29, 0.717) is 6.54 Å². The maximum Gasteiger partial charge on any atom is 0.105 e. The van der Waals surface area contributed by atoms with Crippen molar-refractivity contribution in [3.63, 3.8) is 0 Å². The lowest BCUT2D eigenvalue weighted by atomic mass is 10.1. The summed E-state index contributed by atoms with van der Waals surface area (Å²) >= 11 is 0. The molecule has 0 fully saturated rings. The first-order valence-electron chi connectivity index (χ1n) is 6.88. The van der Waals surface area contributed by atoms with Gasteiger partial charge in [-0.15, -0.1) is 0 Å². The van der Waals surface area contributed by atoms with E-state index in [2.05, 4.69) is 24.0 Å². The highest BCUT2D eigenvalue weighted by atomic mass is 16.3. The predicted octanol–water partition coefficient (Wildman–Crippen LogP) is 2.03. The Bertz CT molecular complexity index is 572. The minimum absolute atomic E-state index is 0.117. The Balaban J connectivity index is 2.08. The van der Waals surface area contributed by atoms with Gasteiger partial charge in [0.05, 0.1) is 25.1 Å². The van der Waals surface area contributed by atoms with Crippen molar-refractivity contribution in [2.24, 2.45) is 0 Å². The zero-order valence-corrected chi connectivity index (χ0v) is 12.7.